The molecule has 1 saturated carbocycles. The van der Waals surface area contributed by atoms with Crippen LogP contribution in [-0.2, 0) is 26.3 Å². The maximum Gasteiger partial charge on any atom is 0.317 e. The van der Waals surface area contributed by atoms with E-state index in [-0.39, 0.29) is 6.61 Å². The molecule has 3 rings (SSSR count). The van der Waals surface area contributed by atoms with Gasteiger partial charge in [-0.2, -0.15) is 0 Å². The van der Waals surface area contributed by atoms with E-state index in [1.807, 2.05) is 30.3 Å². The smallest absolute Gasteiger partial charge is 0.317 e. The lowest BCUT2D eigenvalue weighted by molar-refractivity contribution is -0.147. The molecule has 0 heterocycles. The van der Waals surface area contributed by atoms with Gasteiger partial charge in [-0.15, -0.1) is 0 Å². The predicted octanol–water partition coefficient (Wildman–Crippen LogP) is 2.57. The number of rotatable bonds is 7. The first-order chi connectivity index (χ1) is 12.1. The molecule has 0 bridgehead atoms. The van der Waals surface area contributed by atoms with Gasteiger partial charge in [0.15, 0.2) is 0 Å². The largest absolute Gasteiger partial charge is 0.489 e. The Hall–Kier alpha value is -2.82. The van der Waals surface area contributed by atoms with Gasteiger partial charge in [0, 0.05) is 0 Å². The molecule has 2 aromatic rings. The lowest BCUT2D eigenvalue weighted by Gasteiger charge is -2.16. The number of amides is 1. The van der Waals surface area contributed by atoms with Gasteiger partial charge in [0.2, 0.25) is 5.91 Å². The number of hydrogen-bond acceptors (Lipinski definition) is 4. The van der Waals surface area contributed by atoms with E-state index in [1.165, 1.54) is 0 Å². The minimum absolute atomic E-state index is 0.268. The van der Waals surface area contributed by atoms with Crippen molar-refractivity contribution in [1.82, 2.24) is 0 Å². The number of ether oxygens (including phenoxy) is 2. The normalized spacial score (nSPS) is 21.4. The van der Waals surface area contributed by atoms with Crippen molar-refractivity contribution in [2.75, 3.05) is 6.61 Å². The van der Waals surface area contributed by atoms with E-state index in [9.17, 15) is 9.59 Å². The van der Waals surface area contributed by atoms with E-state index in [0.717, 1.165) is 11.1 Å². The Bertz CT molecular complexity index is 757. The molecule has 0 aliphatic heterocycles. The minimum atomic E-state index is -0.945. The molecule has 25 heavy (non-hydrogen) atoms. The van der Waals surface area contributed by atoms with Crippen LogP contribution >= 0.6 is 0 Å². The molecule has 2 atom stereocenters. The quantitative estimate of drug-likeness (QED) is 0.787. The average molecular weight is 339 g/mol. The van der Waals surface area contributed by atoms with E-state index in [1.54, 1.807) is 31.2 Å². The fourth-order valence-corrected chi connectivity index (χ4v) is 3.12. The molecule has 0 saturated heterocycles. The summed E-state index contributed by atoms with van der Waals surface area (Å²) in [6.07, 6.45) is 0.394. The van der Waals surface area contributed by atoms with Crippen molar-refractivity contribution in [1.29, 1.82) is 0 Å². The summed E-state index contributed by atoms with van der Waals surface area (Å²) in [7, 11) is 0. The van der Waals surface area contributed by atoms with Gasteiger partial charge >= 0.3 is 5.97 Å². The van der Waals surface area contributed by atoms with Crippen molar-refractivity contribution in [2.45, 2.75) is 25.4 Å². The fraction of sp³-hybridized carbons (Fsp3) is 0.300. The van der Waals surface area contributed by atoms with Crippen molar-refractivity contribution in [3.05, 3.63) is 65.7 Å². The topological polar surface area (TPSA) is 78.6 Å². The molecule has 1 amide bonds. The molecule has 0 spiro atoms. The first kappa shape index (κ1) is 17.0. The monoisotopic (exact) mass is 339 g/mol. The summed E-state index contributed by atoms with van der Waals surface area (Å²) < 4.78 is 10.9. The van der Waals surface area contributed by atoms with Gasteiger partial charge < -0.3 is 15.2 Å². The highest BCUT2D eigenvalue weighted by Gasteiger charge is 2.65. The van der Waals surface area contributed by atoms with Gasteiger partial charge in [-0.1, -0.05) is 42.5 Å². The zero-order valence-corrected chi connectivity index (χ0v) is 14.1. The summed E-state index contributed by atoms with van der Waals surface area (Å²) in [6.45, 7) is 2.48. The van der Waals surface area contributed by atoms with Crippen LogP contribution in [0, 0.1) is 5.92 Å². The maximum absolute atomic E-state index is 12.4. The van der Waals surface area contributed by atoms with Crippen LogP contribution in [0.1, 0.15) is 24.5 Å². The molecule has 2 N–H and O–H groups in total. The van der Waals surface area contributed by atoms with E-state index in [2.05, 4.69) is 0 Å². The van der Waals surface area contributed by atoms with Crippen molar-refractivity contribution in [2.24, 2.45) is 11.7 Å². The van der Waals surface area contributed by atoms with Crippen LogP contribution in [-0.4, -0.2) is 18.5 Å². The molecule has 5 heteroatoms. The van der Waals surface area contributed by atoms with Crippen molar-refractivity contribution in [3.63, 3.8) is 0 Å². The molecular weight excluding hydrogens is 318 g/mol. The molecule has 1 fully saturated rings. The Morgan fingerprint density at radius 1 is 1.12 bits per heavy atom. The van der Waals surface area contributed by atoms with E-state index in [4.69, 9.17) is 15.2 Å². The maximum atomic E-state index is 12.4. The third kappa shape index (κ3) is 3.36. The second-order valence-electron chi connectivity index (χ2n) is 6.15. The highest BCUT2D eigenvalue weighted by Crippen LogP contribution is 2.55. The second kappa shape index (κ2) is 6.97. The van der Waals surface area contributed by atoms with Crippen molar-refractivity contribution < 1.29 is 19.1 Å². The number of carbonyl (C=O) groups is 2. The van der Waals surface area contributed by atoms with Crippen molar-refractivity contribution in [3.8, 4) is 5.75 Å². The van der Waals surface area contributed by atoms with Gasteiger partial charge in [-0.3, -0.25) is 9.59 Å². The number of hydrogen-bond donors (Lipinski definition) is 1. The summed E-state index contributed by atoms with van der Waals surface area (Å²) >= 11 is 0. The first-order valence-corrected chi connectivity index (χ1v) is 8.31. The summed E-state index contributed by atoms with van der Waals surface area (Å²) in [4.78, 5) is 24.0. The van der Waals surface area contributed by atoms with Crippen LogP contribution in [0.15, 0.2) is 54.6 Å². The molecule has 1 aliphatic carbocycles. The van der Waals surface area contributed by atoms with Gasteiger partial charge in [-0.05, 0) is 36.6 Å². The Balaban J connectivity index is 1.74. The molecule has 130 valence electrons. The van der Waals surface area contributed by atoms with Gasteiger partial charge in [-0.25, -0.2) is 0 Å². The average Bonchev–Trinajstić information content (AvgIpc) is 3.39. The highest BCUT2D eigenvalue weighted by molar-refractivity contribution is 5.97. The summed E-state index contributed by atoms with van der Waals surface area (Å²) in [6, 6.07) is 17.1. The van der Waals surface area contributed by atoms with Crippen LogP contribution in [0.5, 0.6) is 5.75 Å². The minimum Gasteiger partial charge on any atom is -0.489 e. The third-order valence-corrected chi connectivity index (χ3v) is 4.56. The lowest BCUT2D eigenvalue weighted by Crippen LogP contribution is -2.30. The van der Waals surface area contributed by atoms with E-state index >= 15 is 0 Å². The van der Waals surface area contributed by atoms with Crippen LogP contribution < -0.4 is 10.5 Å². The third-order valence-electron chi connectivity index (χ3n) is 4.56. The van der Waals surface area contributed by atoms with E-state index < -0.39 is 23.2 Å². The molecule has 0 radical (unpaired) electrons. The standard InChI is InChI=1S/C20H21NO4/c1-2-24-19(23)20(12-17(20)18(21)22)15-8-10-16(11-9-15)25-13-14-6-4-3-5-7-14/h3-11,17H,2,12-13H2,1H3,(H2,21,22). The summed E-state index contributed by atoms with van der Waals surface area (Å²) in [5, 5.41) is 0. The van der Waals surface area contributed by atoms with Crippen LogP contribution in [0.4, 0.5) is 0 Å². The highest BCUT2D eigenvalue weighted by atomic mass is 16.5. The van der Waals surface area contributed by atoms with Gasteiger partial charge in [0.25, 0.3) is 0 Å². The molecular formula is C20H21NO4. The first-order valence-electron chi connectivity index (χ1n) is 8.31. The molecule has 2 aromatic carbocycles. The number of benzene rings is 2. The SMILES string of the molecule is CCOC(=O)C1(c2ccc(OCc3ccccc3)cc2)CC1C(N)=O. The number of nitrogens with two attached hydrogens (primary N) is 1. The zero-order chi connectivity index (χ0) is 17.9. The van der Waals surface area contributed by atoms with Crippen LogP contribution in [0.25, 0.3) is 0 Å². The Kier molecular flexibility index (Phi) is 4.74. The van der Waals surface area contributed by atoms with Gasteiger partial charge in [0.1, 0.15) is 17.8 Å². The predicted molar refractivity (Wildman–Crippen MR) is 92.8 cm³/mol. The van der Waals surface area contributed by atoms with Crippen LogP contribution in [0.2, 0.25) is 0 Å². The zero-order valence-electron chi connectivity index (χ0n) is 14.1. The Labute approximate surface area is 146 Å². The van der Waals surface area contributed by atoms with Crippen LogP contribution in [0.3, 0.4) is 0 Å². The van der Waals surface area contributed by atoms with Gasteiger partial charge in [0.05, 0.1) is 12.5 Å². The number of primary amides is 1. The lowest BCUT2D eigenvalue weighted by atomic mass is 9.93. The molecule has 2 unspecified atom stereocenters. The molecule has 5 nitrogen and oxygen atoms in total. The molecule has 1 aliphatic rings. The fourth-order valence-electron chi connectivity index (χ4n) is 3.12. The van der Waals surface area contributed by atoms with E-state index in [0.29, 0.717) is 18.8 Å². The second-order valence-corrected chi connectivity index (χ2v) is 6.15. The Morgan fingerprint density at radius 3 is 2.36 bits per heavy atom. The Morgan fingerprint density at radius 2 is 1.80 bits per heavy atom. The molecule has 0 aromatic heterocycles. The summed E-state index contributed by atoms with van der Waals surface area (Å²) in [5.74, 6) is -0.681. The number of carbonyl (C=O) groups excluding carboxylic acids is 2. The number of esters is 1. The van der Waals surface area contributed by atoms with Crippen molar-refractivity contribution >= 4 is 11.9 Å². The summed E-state index contributed by atoms with van der Waals surface area (Å²) in [5.41, 5.74) is 6.28.